The SMILES string of the molecule is CC([NH3+])c1ccccc1.Cl.N#CC(N)c1ccccc1.N/N=N/N=N/N.O=Cc1ccccc1.O=S(Cl)Cl.[C-]#N.[Cl-].[Cl-].[NH3+]C(C(=O)O)c1ccccc1.[Na+]. The standard InChI is InChI=1S/C8H8N2.C8H9NO2.C8H11N.C7H6O.CN.Cl2OS.3ClH.H4N6.Na/c9-6-8(10)7-4-2-1-3-5-7;9-7(8(10)11)6-4-2-1-3-5-6;1-7(9)8-5-3-2-4-6-8;8-6-7-4-2-1-3-5-7;1-2;1-4(2)3;;;;1-3-5-6-4-2;/h1-5,8H,10H2;1-5,7H,9H2,(H,10,11);2-7H,9H2,1H3;1-6H;;;3*1H;(H2,1,4,5)(H2,2,3,6);/q;;;;-1;;;;;;+1. The van der Waals surface area contributed by atoms with E-state index in [0.717, 1.165) is 23.0 Å². The second-order valence-electron chi connectivity index (χ2n) is 8.75. The summed E-state index contributed by atoms with van der Waals surface area (Å²) in [6.45, 7) is 6.84. The van der Waals surface area contributed by atoms with Crippen LogP contribution < -0.4 is 83.3 Å². The summed E-state index contributed by atoms with van der Waals surface area (Å²) in [5, 5.41) is 34.3. The van der Waals surface area contributed by atoms with E-state index in [1.807, 2.05) is 78.9 Å². The molecule has 3 atom stereocenters. The molecule has 0 aliphatic heterocycles. The van der Waals surface area contributed by atoms with Crippen molar-refractivity contribution in [2.24, 2.45) is 38.3 Å². The number of aldehydes is 1. The zero-order chi connectivity index (χ0) is 38.6. The summed E-state index contributed by atoms with van der Waals surface area (Å²) in [5.41, 5.74) is 16.5. The first kappa shape index (κ1) is 65.2. The average molecular weight is 876 g/mol. The van der Waals surface area contributed by atoms with Gasteiger partial charge in [0.05, 0.1) is 6.07 Å². The van der Waals surface area contributed by atoms with Crippen LogP contribution in [0.1, 0.15) is 52.1 Å². The molecule has 0 spiro atoms. The van der Waals surface area contributed by atoms with Crippen LogP contribution in [-0.4, -0.2) is 21.6 Å². The summed E-state index contributed by atoms with van der Waals surface area (Å²) in [4.78, 5) is 20.4. The molecule has 4 rings (SSSR count). The van der Waals surface area contributed by atoms with Crippen molar-refractivity contribution in [2.75, 3.05) is 0 Å². The normalized spacial score (nSPS) is 10.1. The number of carboxylic acid groups (broad SMARTS) is 1. The molecule has 0 amide bonds. The summed E-state index contributed by atoms with van der Waals surface area (Å²) in [5.74, 6) is 8.03. The molecule has 0 bridgehead atoms. The van der Waals surface area contributed by atoms with Crippen molar-refractivity contribution in [1.82, 2.24) is 0 Å². The first-order valence-electron chi connectivity index (χ1n) is 13.8. The molecule has 0 fully saturated rings. The van der Waals surface area contributed by atoms with E-state index in [-0.39, 0.29) is 66.8 Å². The molecule has 290 valence electrons. The number of nitrogens with zero attached hydrogens (tertiary/aromatic N) is 6. The second kappa shape index (κ2) is 47.3. The number of carboxylic acids is 1. The van der Waals surface area contributed by atoms with Gasteiger partial charge >= 0.3 is 35.5 Å². The number of nitriles is 1. The van der Waals surface area contributed by atoms with E-state index < -0.39 is 27.3 Å². The van der Waals surface area contributed by atoms with Gasteiger partial charge < -0.3 is 70.6 Å². The van der Waals surface area contributed by atoms with Crippen molar-refractivity contribution in [3.05, 3.63) is 150 Å². The van der Waals surface area contributed by atoms with E-state index in [2.05, 4.69) is 84.5 Å². The third kappa shape index (κ3) is 41.0. The molecule has 4 aromatic carbocycles. The zero-order valence-corrected chi connectivity index (χ0v) is 35.8. The third-order valence-electron chi connectivity index (χ3n) is 5.25. The minimum atomic E-state index is -1.67. The topological polar surface area (TPSA) is 302 Å². The Kier molecular flexibility index (Phi) is 57.1. The molecule has 54 heavy (non-hydrogen) atoms. The van der Waals surface area contributed by atoms with Crippen LogP contribution in [0.3, 0.4) is 0 Å². The predicted molar refractivity (Wildman–Crippen MR) is 198 cm³/mol. The number of hydrogen-bond donors (Lipinski definition) is 6. The molecular weight excluding hydrogens is 835 g/mol. The number of halogens is 5. The van der Waals surface area contributed by atoms with Crippen LogP contribution in [0.2, 0.25) is 0 Å². The Morgan fingerprint density at radius 2 is 1.09 bits per heavy atom. The van der Waals surface area contributed by atoms with Gasteiger partial charge in [-0.25, -0.2) is 9.00 Å². The predicted octanol–water partition coefficient (Wildman–Crippen LogP) is -4.12. The largest absolute Gasteiger partial charge is 1.00 e. The fraction of sp³-hybridized carbons (Fsp3) is 0.125. The summed E-state index contributed by atoms with van der Waals surface area (Å²) in [6, 6.07) is 38.9. The minimum Gasteiger partial charge on any atom is -1.00 e. The molecule has 0 radical (unpaired) electrons. The number of aliphatic carboxylic acids is 1. The monoisotopic (exact) mass is 873 g/mol. The number of quaternary nitrogens is 2. The smallest absolute Gasteiger partial charge is 1.00 e. The summed E-state index contributed by atoms with van der Waals surface area (Å²) in [6.07, 6.45) is 0.833. The van der Waals surface area contributed by atoms with Crippen molar-refractivity contribution in [1.29, 1.82) is 10.5 Å². The molecule has 0 heterocycles. The Morgan fingerprint density at radius 3 is 1.31 bits per heavy atom. The summed E-state index contributed by atoms with van der Waals surface area (Å²) < 4.78 is 9.09. The van der Waals surface area contributed by atoms with Crippen LogP contribution in [-0.2, 0) is 14.0 Å². The van der Waals surface area contributed by atoms with Gasteiger partial charge in [-0.2, -0.15) is 5.26 Å². The van der Waals surface area contributed by atoms with Gasteiger partial charge in [0.15, 0.2) is 0 Å². The van der Waals surface area contributed by atoms with E-state index in [1.165, 1.54) is 5.56 Å². The number of nitrogens with two attached hydrogens (primary N) is 3. The number of carbonyl (C=O) groups is 2. The van der Waals surface area contributed by atoms with E-state index in [0.29, 0.717) is 6.04 Å². The first-order valence-corrected chi connectivity index (χ1v) is 16.6. The maximum Gasteiger partial charge on any atom is 1.00 e. The van der Waals surface area contributed by atoms with Gasteiger partial charge in [0.1, 0.15) is 18.4 Å². The van der Waals surface area contributed by atoms with Crippen molar-refractivity contribution < 1.29 is 84.7 Å². The van der Waals surface area contributed by atoms with E-state index in [4.69, 9.17) is 32.1 Å². The van der Waals surface area contributed by atoms with Crippen molar-refractivity contribution in [2.45, 2.75) is 25.0 Å². The van der Waals surface area contributed by atoms with Gasteiger partial charge in [-0.3, -0.25) is 4.79 Å². The minimum absolute atomic E-state index is 0. The fourth-order valence-electron chi connectivity index (χ4n) is 2.92. The van der Waals surface area contributed by atoms with E-state index >= 15 is 0 Å². The molecule has 15 nitrogen and oxygen atoms in total. The van der Waals surface area contributed by atoms with Gasteiger partial charge in [0, 0.05) is 38.1 Å². The van der Waals surface area contributed by atoms with Gasteiger partial charge in [0.25, 0.3) is 0 Å². The van der Waals surface area contributed by atoms with Crippen molar-refractivity contribution in [3.8, 4) is 6.07 Å². The summed E-state index contributed by atoms with van der Waals surface area (Å²) in [7, 11) is 7.36. The molecule has 0 saturated carbocycles. The molecule has 0 aliphatic carbocycles. The van der Waals surface area contributed by atoms with Crippen LogP contribution in [0.5, 0.6) is 0 Å². The molecule has 0 aliphatic rings. The molecule has 3 unspecified atom stereocenters. The second-order valence-corrected chi connectivity index (χ2v) is 11.3. The third-order valence-corrected chi connectivity index (χ3v) is 5.25. The van der Waals surface area contributed by atoms with Crippen molar-refractivity contribution >= 4 is 55.3 Å². The fourth-order valence-corrected chi connectivity index (χ4v) is 2.92. The Hall–Kier alpha value is -3.72. The van der Waals surface area contributed by atoms with Gasteiger partial charge in [-0.15, -0.1) is 12.4 Å². The van der Waals surface area contributed by atoms with Gasteiger partial charge in [0.2, 0.25) is 15.3 Å². The summed E-state index contributed by atoms with van der Waals surface area (Å²) >= 11 is 0. The molecule has 4 aromatic rings. The number of rotatable bonds is 6. The van der Waals surface area contributed by atoms with Crippen LogP contribution in [0.15, 0.2) is 142 Å². The van der Waals surface area contributed by atoms with Gasteiger partial charge in [-0.05, 0) is 22.9 Å². The van der Waals surface area contributed by atoms with Crippen LogP contribution in [0.25, 0.3) is 0 Å². The maximum atomic E-state index is 10.4. The number of benzene rings is 4. The van der Waals surface area contributed by atoms with E-state index in [1.54, 1.807) is 36.4 Å². The maximum absolute atomic E-state index is 10.4. The van der Waals surface area contributed by atoms with Gasteiger partial charge in [-0.1, -0.05) is 132 Å². The van der Waals surface area contributed by atoms with Crippen LogP contribution in [0, 0.1) is 23.2 Å². The molecule has 22 heteroatoms. The first-order chi connectivity index (χ1) is 23.9. The Morgan fingerprint density at radius 1 is 0.796 bits per heavy atom. The van der Waals surface area contributed by atoms with Crippen LogP contribution in [0.4, 0.5) is 0 Å². The Balaban J connectivity index is -0.0000000978. The molecular formula is C32H41Cl5N11NaO4S. The molecule has 0 saturated heterocycles. The zero-order valence-electron chi connectivity index (χ0n) is 29.2. The Labute approximate surface area is 367 Å². The van der Waals surface area contributed by atoms with E-state index in [9.17, 15) is 9.59 Å². The molecule has 13 N–H and O–H groups in total. The number of carbonyl (C=O) groups excluding carboxylic acids is 1. The number of hydrogen-bond acceptors (Lipinski definition) is 8. The average Bonchev–Trinajstić information content (AvgIpc) is 3.16. The molecule has 0 aromatic heterocycles. The quantitative estimate of drug-likeness (QED) is 0.0208. The Bertz CT molecular complexity index is 1550. The van der Waals surface area contributed by atoms with Crippen LogP contribution >= 0.6 is 33.8 Å². The van der Waals surface area contributed by atoms with Crippen molar-refractivity contribution in [3.63, 3.8) is 0 Å².